The lowest BCUT2D eigenvalue weighted by atomic mass is 9.89. The molecule has 11 aromatic rings. The highest BCUT2D eigenvalue weighted by Crippen LogP contribution is 2.48. The fraction of sp³-hybridized carbons (Fsp3) is 0. The lowest BCUT2D eigenvalue weighted by molar-refractivity contribution is 1.31. The number of hydrogen-bond acceptors (Lipinski definition) is 3. The number of nitrogens with zero attached hydrogens (tertiary/aromatic N) is 2. The molecule has 0 saturated heterocycles. The Labute approximate surface area is 322 Å². The van der Waals surface area contributed by atoms with Crippen molar-refractivity contribution in [3.05, 3.63) is 194 Å². The molecule has 0 aliphatic heterocycles. The molecule has 0 saturated carbocycles. The van der Waals surface area contributed by atoms with Crippen molar-refractivity contribution >= 4 is 64.1 Å². The number of rotatable bonds is 5. The van der Waals surface area contributed by atoms with Crippen molar-refractivity contribution < 1.29 is 0 Å². The van der Waals surface area contributed by atoms with Crippen LogP contribution in [0.4, 0.5) is 0 Å². The molecule has 0 aliphatic rings. The summed E-state index contributed by atoms with van der Waals surface area (Å²) in [5, 5.41) is 7.16. The first kappa shape index (κ1) is 31.6. The maximum Gasteiger partial charge on any atom is 0.0971 e. The monoisotopic (exact) mass is 716 g/mol. The molecule has 0 spiro atoms. The topological polar surface area (TPSA) is 25.8 Å². The van der Waals surface area contributed by atoms with E-state index in [0.717, 1.165) is 21.8 Å². The smallest absolute Gasteiger partial charge is 0.0971 e. The number of benzene rings is 9. The zero-order valence-corrected chi connectivity index (χ0v) is 30.6. The van der Waals surface area contributed by atoms with Gasteiger partial charge in [0, 0.05) is 54.5 Å². The Bertz CT molecular complexity index is 3210. The highest BCUT2D eigenvalue weighted by atomic mass is 32.1. The minimum Gasteiger partial charge on any atom is -0.252 e. The van der Waals surface area contributed by atoms with E-state index < -0.39 is 0 Å². The van der Waals surface area contributed by atoms with Crippen LogP contribution in [0.1, 0.15) is 0 Å². The second-order valence-electron chi connectivity index (χ2n) is 14.1. The maximum atomic E-state index is 4.80. The van der Waals surface area contributed by atoms with E-state index in [-0.39, 0.29) is 0 Å². The van der Waals surface area contributed by atoms with Gasteiger partial charge >= 0.3 is 0 Å². The van der Waals surface area contributed by atoms with E-state index in [1.807, 2.05) is 11.3 Å². The third kappa shape index (κ3) is 5.24. The largest absolute Gasteiger partial charge is 0.252 e. The summed E-state index contributed by atoms with van der Waals surface area (Å²) in [6.07, 6.45) is 3.58. The van der Waals surface area contributed by atoms with Gasteiger partial charge in [0.05, 0.1) is 11.0 Å². The van der Waals surface area contributed by atoms with Crippen molar-refractivity contribution in [3.63, 3.8) is 0 Å². The highest BCUT2D eigenvalue weighted by molar-refractivity contribution is 7.27. The van der Waals surface area contributed by atoms with Crippen LogP contribution in [0.3, 0.4) is 0 Å². The summed E-state index contributed by atoms with van der Waals surface area (Å²) in [4.78, 5) is 9.56. The fourth-order valence-corrected chi connectivity index (χ4v) is 9.72. The summed E-state index contributed by atoms with van der Waals surface area (Å²) >= 11 is 1.91. The second kappa shape index (κ2) is 12.9. The van der Waals surface area contributed by atoms with Crippen LogP contribution in [0, 0.1) is 0 Å². The van der Waals surface area contributed by atoms with Gasteiger partial charge in [0.15, 0.2) is 0 Å². The molecule has 11 rings (SSSR count). The summed E-state index contributed by atoms with van der Waals surface area (Å²) < 4.78 is 2.61. The van der Waals surface area contributed by atoms with Gasteiger partial charge in [0.2, 0.25) is 0 Å². The minimum absolute atomic E-state index is 0.933. The van der Waals surface area contributed by atoms with Crippen molar-refractivity contribution in [1.82, 2.24) is 9.97 Å². The third-order valence-corrected chi connectivity index (χ3v) is 12.2. The van der Waals surface area contributed by atoms with Crippen LogP contribution in [-0.4, -0.2) is 9.97 Å². The third-order valence-electron chi connectivity index (χ3n) is 10.9. The van der Waals surface area contributed by atoms with E-state index in [1.54, 1.807) is 12.4 Å². The first-order valence-electron chi connectivity index (χ1n) is 18.6. The summed E-state index contributed by atoms with van der Waals surface area (Å²) in [7, 11) is 0. The average molecular weight is 717 g/mol. The molecular weight excluding hydrogens is 685 g/mol. The maximum absolute atomic E-state index is 4.80. The molecule has 0 atom stereocenters. The van der Waals surface area contributed by atoms with E-state index in [0.29, 0.717) is 0 Å². The number of thiophene rings is 1. The van der Waals surface area contributed by atoms with Crippen molar-refractivity contribution in [2.24, 2.45) is 0 Å². The Balaban J connectivity index is 1.19. The van der Waals surface area contributed by atoms with Gasteiger partial charge in [-0.2, -0.15) is 0 Å². The van der Waals surface area contributed by atoms with Crippen LogP contribution >= 0.6 is 11.3 Å². The van der Waals surface area contributed by atoms with E-state index >= 15 is 0 Å². The number of fused-ring (bicyclic) bond motifs is 9. The number of hydrogen-bond donors (Lipinski definition) is 0. The molecule has 0 N–H and O–H groups in total. The molecule has 55 heavy (non-hydrogen) atoms. The van der Waals surface area contributed by atoms with E-state index in [4.69, 9.17) is 9.97 Å². The predicted molar refractivity (Wildman–Crippen MR) is 235 cm³/mol. The Kier molecular flexibility index (Phi) is 7.39. The van der Waals surface area contributed by atoms with E-state index in [1.165, 1.54) is 86.6 Å². The van der Waals surface area contributed by atoms with Crippen molar-refractivity contribution in [1.29, 1.82) is 0 Å². The normalized spacial score (nSPS) is 11.6. The highest BCUT2D eigenvalue weighted by Gasteiger charge is 2.20. The molecule has 3 heteroatoms. The Morgan fingerprint density at radius 1 is 0.273 bits per heavy atom. The van der Waals surface area contributed by atoms with Crippen LogP contribution in [0.25, 0.3) is 108 Å². The van der Waals surface area contributed by atoms with Crippen LogP contribution in [0.2, 0.25) is 0 Å². The lowest BCUT2D eigenvalue weighted by Gasteiger charge is -2.15. The van der Waals surface area contributed by atoms with Gasteiger partial charge in [-0.15, -0.1) is 11.3 Å². The van der Waals surface area contributed by atoms with Crippen molar-refractivity contribution in [2.75, 3.05) is 0 Å². The number of aromatic nitrogens is 2. The molecule has 0 fully saturated rings. The predicted octanol–water partition coefficient (Wildman–Crippen LogP) is 14.6. The molecule has 256 valence electrons. The van der Waals surface area contributed by atoms with Crippen molar-refractivity contribution in [2.45, 2.75) is 0 Å². The molecular formula is C52H32N2S. The molecule has 0 amide bonds. The molecule has 2 aromatic heterocycles. The second-order valence-corrected chi connectivity index (χ2v) is 15.1. The minimum atomic E-state index is 0.933. The van der Waals surface area contributed by atoms with Gasteiger partial charge < -0.3 is 0 Å². The average Bonchev–Trinajstić information content (AvgIpc) is 3.65. The van der Waals surface area contributed by atoms with Crippen LogP contribution in [0.5, 0.6) is 0 Å². The van der Waals surface area contributed by atoms with Crippen LogP contribution in [-0.2, 0) is 0 Å². The molecule has 9 aromatic carbocycles. The van der Waals surface area contributed by atoms with Crippen molar-refractivity contribution in [3.8, 4) is 55.6 Å². The standard InChI is InChI=1S/C52H32N2S/c1-4-14-33(15-5-1)37-29-44(34-16-6-2-7-17-34)51-47(30-37)48-32-38(31-45(52(48)55-51)35-18-8-3-9-19-35)40-21-11-10-20-39(40)36-24-25-43-46(28-36)41-22-12-13-23-42(41)49-50(43)54-27-26-53-49/h1-32H. The first-order chi connectivity index (χ1) is 27.3. The van der Waals surface area contributed by atoms with Gasteiger partial charge in [-0.3, -0.25) is 9.97 Å². The summed E-state index contributed by atoms with van der Waals surface area (Å²) in [6, 6.07) is 66.3. The molecule has 0 aliphatic carbocycles. The Morgan fingerprint density at radius 2 is 0.727 bits per heavy atom. The molecule has 0 unspecified atom stereocenters. The van der Waals surface area contributed by atoms with Gasteiger partial charge in [-0.1, -0.05) is 152 Å². The molecule has 2 nitrogen and oxygen atoms in total. The quantitative estimate of drug-likeness (QED) is 0.166. The Morgan fingerprint density at radius 3 is 1.35 bits per heavy atom. The van der Waals surface area contributed by atoms with Gasteiger partial charge in [-0.25, -0.2) is 0 Å². The lowest BCUT2D eigenvalue weighted by Crippen LogP contribution is -1.90. The van der Waals surface area contributed by atoms with E-state index in [2.05, 4.69) is 182 Å². The molecule has 0 radical (unpaired) electrons. The zero-order chi connectivity index (χ0) is 36.3. The Hall–Kier alpha value is -6.94. The zero-order valence-electron chi connectivity index (χ0n) is 29.8. The van der Waals surface area contributed by atoms with Gasteiger partial charge in [-0.05, 0) is 85.6 Å². The summed E-state index contributed by atoms with van der Waals surface area (Å²) in [5.41, 5.74) is 14.0. The van der Waals surface area contributed by atoms with Crippen LogP contribution in [0.15, 0.2) is 194 Å². The SMILES string of the molecule is c1ccc(-c2cc(-c3ccccc3)c3sc4c(-c5ccccc5)cc(-c5ccccc5-c5ccc6c(c5)c5ccccc5c5nccnc65)cc4c3c2)cc1. The summed E-state index contributed by atoms with van der Waals surface area (Å²) in [5.74, 6) is 0. The van der Waals surface area contributed by atoms with Crippen LogP contribution < -0.4 is 0 Å². The van der Waals surface area contributed by atoms with E-state index in [9.17, 15) is 0 Å². The summed E-state index contributed by atoms with van der Waals surface area (Å²) in [6.45, 7) is 0. The fourth-order valence-electron chi connectivity index (χ4n) is 8.38. The molecule has 0 bridgehead atoms. The van der Waals surface area contributed by atoms with Gasteiger partial charge in [0.25, 0.3) is 0 Å². The molecule has 2 heterocycles. The van der Waals surface area contributed by atoms with Gasteiger partial charge in [0.1, 0.15) is 0 Å². The first-order valence-corrected chi connectivity index (χ1v) is 19.5.